The first-order valence-corrected chi connectivity index (χ1v) is 5.38. The topological polar surface area (TPSA) is 52.3 Å². The van der Waals surface area contributed by atoms with Gasteiger partial charge in [-0.15, -0.1) is 0 Å². The molecular weight excluding hydrogens is 247 g/mol. The molecular formula is C12H14F3NO2. The summed E-state index contributed by atoms with van der Waals surface area (Å²) in [6.07, 6.45) is -5.51. The molecule has 0 amide bonds. The van der Waals surface area contributed by atoms with E-state index in [0.717, 1.165) is 0 Å². The third-order valence-corrected chi connectivity index (χ3v) is 2.47. The highest BCUT2D eigenvalue weighted by Crippen LogP contribution is 2.32. The Bertz CT molecular complexity index is 406. The van der Waals surface area contributed by atoms with Crippen LogP contribution >= 0.6 is 0 Å². The molecule has 0 radical (unpaired) electrons. The van der Waals surface area contributed by atoms with Gasteiger partial charge in [-0.2, -0.15) is 13.2 Å². The highest BCUT2D eigenvalue weighted by atomic mass is 19.4. The average Bonchev–Trinajstić information content (AvgIpc) is 2.29. The molecule has 3 nitrogen and oxygen atoms in total. The van der Waals surface area contributed by atoms with E-state index >= 15 is 0 Å². The third kappa shape index (κ3) is 3.01. The van der Waals surface area contributed by atoms with E-state index in [1.165, 1.54) is 19.1 Å². The molecule has 1 atom stereocenters. The van der Waals surface area contributed by atoms with E-state index in [9.17, 15) is 18.0 Å². The number of ether oxygens (including phenoxy) is 1. The summed E-state index contributed by atoms with van der Waals surface area (Å²) in [5.74, 6) is -1.46. The zero-order valence-corrected chi connectivity index (χ0v) is 9.83. The van der Waals surface area contributed by atoms with E-state index in [4.69, 9.17) is 5.73 Å². The van der Waals surface area contributed by atoms with Crippen LogP contribution in [-0.2, 0) is 16.0 Å². The number of rotatable bonds is 4. The number of carbonyl (C=O) groups excluding carboxylic acids is 1. The van der Waals surface area contributed by atoms with Crippen LogP contribution in [0.25, 0.3) is 0 Å². The molecule has 0 saturated carbocycles. The summed E-state index contributed by atoms with van der Waals surface area (Å²) in [6, 6.07) is 7.79. The van der Waals surface area contributed by atoms with Crippen LogP contribution in [-0.4, -0.2) is 24.3 Å². The summed E-state index contributed by atoms with van der Waals surface area (Å²) in [4.78, 5) is 11.4. The number of alkyl halides is 3. The van der Waals surface area contributed by atoms with Gasteiger partial charge in [-0.25, -0.2) is 4.79 Å². The molecule has 0 bridgehead atoms. The van der Waals surface area contributed by atoms with E-state index in [0.29, 0.717) is 5.56 Å². The number of halogens is 3. The van der Waals surface area contributed by atoms with E-state index < -0.39 is 24.1 Å². The van der Waals surface area contributed by atoms with Crippen molar-refractivity contribution in [1.29, 1.82) is 0 Å². The van der Waals surface area contributed by atoms with Crippen molar-refractivity contribution in [3.05, 3.63) is 35.9 Å². The maximum atomic E-state index is 12.9. The minimum absolute atomic E-state index is 0.150. The Balaban J connectivity index is 3.03. The first kappa shape index (κ1) is 14.5. The normalized spacial score (nSPS) is 14.9. The van der Waals surface area contributed by atoms with Gasteiger partial charge in [-0.3, -0.25) is 0 Å². The van der Waals surface area contributed by atoms with Gasteiger partial charge in [0.05, 0.1) is 6.61 Å². The highest BCUT2D eigenvalue weighted by molar-refractivity contribution is 5.82. The lowest BCUT2D eigenvalue weighted by molar-refractivity contribution is -0.205. The molecule has 0 spiro atoms. The molecule has 100 valence electrons. The molecule has 0 aliphatic heterocycles. The molecule has 1 aromatic rings. The van der Waals surface area contributed by atoms with Gasteiger partial charge in [0.2, 0.25) is 5.54 Å². The SMILES string of the molecule is CCOC(=O)[C@@](N)(Cc1ccccc1)C(F)(F)F. The van der Waals surface area contributed by atoms with Crippen LogP contribution in [0.2, 0.25) is 0 Å². The van der Waals surface area contributed by atoms with Crippen molar-refractivity contribution in [3.8, 4) is 0 Å². The second kappa shape index (κ2) is 5.39. The quantitative estimate of drug-likeness (QED) is 0.844. The average molecular weight is 261 g/mol. The van der Waals surface area contributed by atoms with Gasteiger partial charge in [-0.1, -0.05) is 30.3 Å². The van der Waals surface area contributed by atoms with Crippen molar-refractivity contribution in [2.24, 2.45) is 5.73 Å². The summed E-state index contributed by atoms with van der Waals surface area (Å²) in [7, 11) is 0. The lowest BCUT2D eigenvalue weighted by atomic mass is 9.91. The summed E-state index contributed by atoms with van der Waals surface area (Å²) in [6.45, 7) is 1.28. The van der Waals surface area contributed by atoms with Crippen molar-refractivity contribution in [2.75, 3.05) is 6.61 Å². The third-order valence-electron chi connectivity index (χ3n) is 2.47. The molecule has 6 heteroatoms. The molecule has 0 aliphatic carbocycles. The van der Waals surface area contributed by atoms with E-state index in [1.54, 1.807) is 18.2 Å². The molecule has 0 aliphatic rings. The maximum absolute atomic E-state index is 12.9. The van der Waals surface area contributed by atoms with Crippen LogP contribution in [0.4, 0.5) is 13.2 Å². The number of benzene rings is 1. The van der Waals surface area contributed by atoms with E-state index in [1.807, 2.05) is 0 Å². The highest BCUT2D eigenvalue weighted by Gasteiger charge is 2.58. The van der Waals surface area contributed by atoms with Crippen LogP contribution in [0.5, 0.6) is 0 Å². The monoisotopic (exact) mass is 261 g/mol. The fourth-order valence-corrected chi connectivity index (χ4v) is 1.47. The van der Waals surface area contributed by atoms with Crippen LogP contribution in [0.1, 0.15) is 12.5 Å². The fourth-order valence-electron chi connectivity index (χ4n) is 1.47. The Morgan fingerprint density at radius 2 is 1.83 bits per heavy atom. The van der Waals surface area contributed by atoms with Gasteiger partial charge in [0.1, 0.15) is 0 Å². The number of esters is 1. The molecule has 18 heavy (non-hydrogen) atoms. The molecule has 2 N–H and O–H groups in total. The molecule has 0 heterocycles. The number of hydrogen-bond donors (Lipinski definition) is 1. The Labute approximate surface area is 103 Å². The van der Waals surface area contributed by atoms with Crippen molar-refractivity contribution in [3.63, 3.8) is 0 Å². The fraction of sp³-hybridized carbons (Fsp3) is 0.417. The minimum atomic E-state index is -4.87. The summed E-state index contributed by atoms with van der Waals surface area (Å²) >= 11 is 0. The van der Waals surface area contributed by atoms with Crippen LogP contribution in [0, 0.1) is 0 Å². The predicted octanol–water partition coefficient (Wildman–Crippen LogP) is 2.05. The smallest absolute Gasteiger partial charge is 0.417 e. The van der Waals surface area contributed by atoms with Gasteiger partial charge in [0.25, 0.3) is 0 Å². The summed E-state index contributed by atoms with van der Waals surface area (Å²) in [5, 5.41) is 0. The largest absolute Gasteiger partial charge is 0.464 e. The Kier molecular flexibility index (Phi) is 4.34. The molecule has 0 saturated heterocycles. The summed E-state index contributed by atoms with van der Waals surface area (Å²) in [5.41, 5.74) is 2.55. The minimum Gasteiger partial charge on any atom is -0.464 e. The van der Waals surface area contributed by atoms with Crippen molar-refractivity contribution < 1.29 is 22.7 Å². The lowest BCUT2D eigenvalue weighted by Crippen LogP contribution is -2.61. The Morgan fingerprint density at radius 1 is 1.28 bits per heavy atom. The predicted molar refractivity (Wildman–Crippen MR) is 59.8 cm³/mol. The molecule has 0 fully saturated rings. The van der Waals surface area contributed by atoms with Crippen molar-refractivity contribution >= 4 is 5.97 Å². The van der Waals surface area contributed by atoms with Gasteiger partial charge in [0, 0.05) is 6.42 Å². The number of carbonyl (C=O) groups is 1. The van der Waals surface area contributed by atoms with Crippen molar-refractivity contribution in [2.45, 2.75) is 25.1 Å². The number of hydrogen-bond acceptors (Lipinski definition) is 3. The number of nitrogens with two attached hydrogens (primary N) is 1. The molecule has 1 rings (SSSR count). The van der Waals surface area contributed by atoms with Gasteiger partial charge < -0.3 is 10.5 Å². The zero-order valence-electron chi connectivity index (χ0n) is 9.83. The lowest BCUT2D eigenvalue weighted by Gasteiger charge is -2.29. The Morgan fingerprint density at radius 3 is 2.28 bits per heavy atom. The van der Waals surface area contributed by atoms with Crippen LogP contribution < -0.4 is 5.73 Å². The van der Waals surface area contributed by atoms with E-state index in [2.05, 4.69) is 4.74 Å². The van der Waals surface area contributed by atoms with Gasteiger partial charge in [-0.05, 0) is 12.5 Å². The first-order valence-electron chi connectivity index (χ1n) is 5.38. The zero-order chi connectivity index (χ0) is 13.8. The van der Waals surface area contributed by atoms with Crippen LogP contribution in [0.15, 0.2) is 30.3 Å². The van der Waals surface area contributed by atoms with Crippen LogP contribution in [0.3, 0.4) is 0 Å². The summed E-state index contributed by atoms with van der Waals surface area (Å²) < 4.78 is 43.2. The maximum Gasteiger partial charge on any atom is 0.417 e. The standard InChI is InChI=1S/C12H14F3NO2/c1-2-18-10(17)11(16,12(13,14)15)8-9-6-4-3-5-7-9/h3-7H,2,8,16H2,1H3/t11-/m0/s1. The first-order chi connectivity index (χ1) is 8.31. The van der Waals surface area contributed by atoms with Gasteiger partial charge >= 0.3 is 12.1 Å². The second-order valence-corrected chi connectivity index (χ2v) is 3.85. The van der Waals surface area contributed by atoms with Gasteiger partial charge in [0.15, 0.2) is 0 Å². The van der Waals surface area contributed by atoms with Crippen molar-refractivity contribution in [1.82, 2.24) is 0 Å². The Hall–Kier alpha value is -1.56. The van der Waals surface area contributed by atoms with E-state index in [-0.39, 0.29) is 6.61 Å². The molecule has 0 aromatic heterocycles. The second-order valence-electron chi connectivity index (χ2n) is 3.85. The molecule has 1 aromatic carbocycles. The molecule has 0 unspecified atom stereocenters.